The molecule has 4 rings (SSSR count). The summed E-state index contributed by atoms with van der Waals surface area (Å²) in [5.41, 5.74) is 8.19. The van der Waals surface area contributed by atoms with Gasteiger partial charge in [0.05, 0.1) is 34.6 Å². The van der Waals surface area contributed by atoms with E-state index in [1.54, 1.807) is 67.6 Å². The minimum Gasteiger partial charge on any atom is -0.486 e. The highest BCUT2D eigenvalue weighted by molar-refractivity contribution is 7.92. The van der Waals surface area contributed by atoms with E-state index in [1.807, 2.05) is 11.6 Å². The van der Waals surface area contributed by atoms with Gasteiger partial charge in [-0.1, -0.05) is 18.2 Å². The summed E-state index contributed by atoms with van der Waals surface area (Å²) in [6.45, 7) is 2.10. The summed E-state index contributed by atoms with van der Waals surface area (Å²) < 4.78 is 41.6. The van der Waals surface area contributed by atoms with E-state index in [2.05, 4.69) is 9.71 Å². The summed E-state index contributed by atoms with van der Waals surface area (Å²) in [5.74, 6) is 0.735. The van der Waals surface area contributed by atoms with Crippen LogP contribution in [0.1, 0.15) is 23.9 Å². The molecule has 0 aliphatic rings. The van der Waals surface area contributed by atoms with Gasteiger partial charge in [0, 0.05) is 12.6 Å². The van der Waals surface area contributed by atoms with Crippen LogP contribution in [0.3, 0.4) is 0 Å². The molecule has 0 bridgehead atoms. The molecule has 0 unspecified atom stereocenters. The number of nitrogens with two attached hydrogens (primary N) is 1. The highest BCUT2D eigenvalue weighted by Gasteiger charge is 2.21. The molecule has 0 aliphatic heterocycles. The number of aryl methyl sites for hydroxylation is 1. The van der Waals surface area contributed by atoms with Crippen molar-refractivity contribution in [2.24, 2.45) is 12.8 Å². The lowest BCUT2D eigenvalue weighted by Gasteiger charge is -2.12. The Kier molecular flexibility index (Phi) is 7.44. The number of nitrogens with one attached hydrogen (secondary N) is 2. The first-order valence-electron chi connectivity index (χ1n) is 11.5. The number of hydrogen-bond donors (Lipinski definition) is 3. The maximum Gasteiger partial charge on any atom is 0.310 e. The maximum absolute atomic E-state index is 13.2. The number of carbonyl (C=O) groups excluding carboxylic acids is 1. The van der Waals surface area contributed by atoms with Gasteiger partial charge < -0.3 is 19.8 Å². The van der Waals surface area contributed by atoms with Crippen molar-refractivity contribution in [2.75, 3.05) is 11.3 Å². The first-order valence-corrected chi connectivity index (χ1v) is 12.9. The third-order valence-electron chi connectivity index (χ3n) is 5.66. The number of aromatic nitrogens is 2. The molecule has 10 nitrogen and oxygen atoms in total. The number of sulfonamides is 1. The molecular formula is C26H27N5O5S. The fraction of sp³-hybridized carbons (Fsp3) is 0.192. The number of nitrogen functional groups attached to an aromatic ring is 1. The topological polar surface area (TPSA) is 149 Å². The second-order valence-corrected chi connectivity index (χ2v) is 9.86. The minimum absolute atomic E-state index is 0.0121. The number of ether oxygens (including phenoxy) is 2. The molecule has 0 amide bonds. The molecule has 37 heavy (non-hydrogen) atoms. The van der Waals surface area contributed by atoms with Crippen LogP contribution in [0.4, 0.5) is 5.69 Å². The van der Waals surface area contributed by atoms with Crippen molar-refractivity contribution in [1.82, 2.24) is 9.55 Å². The minimum atomic E-state index is -3.97. The van der Waals surface area contributed by atoms with E-state index in [-0.39, 0.29) is 30.4 Å². The van der Waals surface area contributed by atoms with Gasteiger partial charge >= 0.3 is 5.97 Å². The van der Waals surface area contributed by atoms with Gasteiger partial charge in [-0.3, -0.25) is 14.9 Å². The zero-order valence-corrected chi connectivity index (χ0v) is 21.2. The average molecular weight is 522 g/mol. The molecule has 0 saturated carbocycles. The number of fused-ring (bicyclic) bond motifs is 1. The number of anilines is 1. The third-order valence-corrected chi connectivity index (χ3v) is 7.14. The van der Waals surface area contributed by atoms with Crippen LogP contribution in [0.15, 0.2) is 71.6 Å². The van der Waals surface area contributed by atoms with E-state index in [0.29, 0.717) is 39.4 Å². The van der Waals surface area contributed by atoms with Crippen molar-refractivity contribution < 1.29 is 22.7 Å². The molecule has 4 aromatic rings. The summed E-state index contributed by atoms with van der Waals surface area (Å²) in [7, 11) is -2.15. The van der Waals surface area contributed by atoms with Gasteiger partial charge in [0.2, 0.25) is 0 Å². The number of imidazole rings is 1. The quantitative estimate of drug-likeness (QED) is 0.165. The Balaban J connectivity index is 1.53. The van der Waals surface area contributed by atoms with Crippen LogP contribution in [-0.2, 0) is 39.6 Å². The Labute approximate surface area is 214 Å². The van der Waals surface area contributed by atoms with Gasteiger partial charge in [-0.25, -0.2) is 13.4 Å². The Bertz CT molecular complexity index is 1560. The van der Waals surface area contributed by atoms with Gasteiger partial charge in [-0.05, 0) is 61.0 Å². The zero-order valence-electron chi connectivity index (χ0n) is 20.4. The normalized spacial score (nSPS) is 11.3. The molecule has 0 aliphatic carbocycles. The molecule has 192 valence electrons. The SMILES string of the molecule is CCOC(=O)Cc1ccccc1S(=O)(=O)Nc1ccc2nc(COc3ccc(C(=N)N)cc3)n(C)c2c1. The summed E-state index contributed by atoms with van der Waals surface area (Å²) in [5, 5.41) is 7.47. The third kappa shape index (κ3) is 5.89. The molecule has 4 N–H and O–H groups in total. The Morgan fingerprint density at radius 1 is 1.11 bits per heavy atom. The number of nitrogens with zero attached hydrogens (tertiary/aromatic N) is 2. The van der Waals surface area contributed by atoms with E-state index in [9.17, 15) is 13.2 Å². The lowest BCUT2D eigenvalue weighted by Crippen LogP contribution is -2.17. The van der Waals surface area contributed by atoms with Crippen LogP contribution in [-0.4, -0.2) is 36.4 Å². The molecule has 0 spiro atoms. The van der Waals surface area contributed by atoms with Gasteiger partial charge in [0.25, 0.3) is 10.0 Å². The van der Waals surface area contributed by atoms with Gasteiger partial charge in [-0.15, -0.1) is 0 Å². The van der Waals surface area contributed by atoms with Crippen molar-refractivity contribution in [2.45, 2.75) is 24.8 Å². The first-order chi connectivity index (χ1) is 17.7. The molecule has 11 heteroatoms. The monoisotopic (exact) mass is 521 g/mol. The zero-order chi connectivity index (χ0) is 26.6. The number of esters is 1. The summed E-state index contributed by atoms with van der Waals surface area (Å²) in [6.07, 6.45) is -0.146. The second kappa shape index (κ2) is 10.7. The van der Waals surface area contributed by atoms with Crippen LogP contribution in [0, 0.1) is 5.41 Å². The van der Waals surface area contributed by atoms with E-state index in [4.69, 9.17) is 20.6 Å². The standard InChI is InChI=1S/C26H27N5O5S/c1-3-35-25(32)14-18-6-4-5-7-23(18)37(33,34)30-19-10-13-21-22(15-19)31(2)24(29-21)16-36-20-11-8-17(9-12-20)26(27)28/h4-13,15,30H,3,14,16H2,1-2H3,(H3,27,28). The van der Waals surface area contributed by atoms with Crippen LogP contribution < -0.4 is 15.2 Å². The van der Waals surface area contributed by atoms with Gasteiger partial charge in [0.15, 0.2) is 0 Å². The number of benzene rings is 3. The summed E-state index contributed by atoms with van der Waals surface area (Å²) in [4.78, 5) is 16.6. The lowest BCUT2D eigenvalue weighted by atomic mass is 10.1. The van der Waals surface area contributed by atoms with E-state index >= 15 is 0 Å². The lowest BCUT2D eigenvalue weighted by molar-refractivity contribution is -0.142. The van der Waals surface area contributed by atoms with Gasteiger partial charge in [0.1, 0.15) is 24.0 Å². The van der Waals surface area contributed by atoms with Crippen LogP contribution in [0.2, 0.25) is 0 Å². The average Bonchev–Trinajstić information content (AvgIpc) is 3.18. The Morgan fingerprint density at radius 3 is 2.54 bits per heavy atom. The van der Waals surface area contributed by atoms with Crippen LogP contribution in [0.25, 0.3) is 11.0 Å². The molecular weight excluding hydrogens is 494 g/mol. The van der Waals surface area contributed by atoms with Crippen LogP contribution >= 0.6 is 0 Å². The molecule has 0 saturated heterocycles. The van der Waals surface area contributed by atoms with Crippen molar-refractivity contribution in [3.05, 3.63) is 83.7 Å². The molecule has 1 heterocycles. The Hall–Kier alpha value is -4.38. The number of rotatable bonds is 10. The summed E-state index contributed by atoms with van der Waals surface area (Å²) in [6, 6.07) is 18.2. The van der Waals surface area contributed by atoms with E-state index in [1.165, 1.54) is 6.07 Å². The van der Waals surface area contributed by atoms with Crippen molar-refractivity contribution >= 4 is 38.5 Å². The highest BCUT2D eigenvalue weighted by Crippen LogP contribution is 2.25. The van der Waals surface area contributed by atoms with Crippen molar-refractivity contribution in [1.29, 1.82) is 5.41 Å². The highest BCUT2D eigenvalue weighted by atomic mass is 32.2. The number of amidine groups is 1. The fourth-order valence-corrected chi connectivity index (χ4v) is 5.09. The van der Waals surface area contributed by atoms with Crippen molar-refractivity contribution in [3.8, 4) is 5.75 Å². The molecule has 3 aromatic carbocycles. The predicted molar refractivity (Wildman–Crippen MR) is 140 cm³/mol. The predicted octanol–water partition coefficient (Wildman–Crippen LogP) is 3.34. The van der Waals surface area contributed by atoms with Crippen molar-refractivity contribution in [3.63, 3.8) is 0 Å². The number of hydrogen-bond acceptors (Lipinski definition) is 7. The largest absolute Gasteiger partial charge is 0.486 e. The molecule has 0 fully saturated rings. The molecule has 1 aromatic heterocycles. The fourth-order valence-electron chi connectivity index (χ4n) is 3.80. The first kappa shape index (κ1) is 25.7. The summed E-state index contributed by atoms with van der Waals surface area (Å²) >= 11 is 0. The molecule has 0 radical (unpaired) electrons. The van der Waals surface area contributed by atoms with Crippen LogP contribution in [0.5, 0.6) is 5.75 Å². The molecule has 0 atom stereocenters. The van der Waals surface area contributed by atoms with E-state index < -0.39 is 16.0 Å². The van der Waals surface area contributed by atoms with E-state index in [0.717, 1.165) is 0 Å². The number of carbonyl (C=O) groups is 1. The second-order valence-electron chi connectivity index (χ2n) is 8.21. The Morgan fingerprint density at radius 2 is 1.84 bits per heavy atom. The maximum atomic E-state index is 13.2. The van der Waals surface area contributed by atoms with Gasteiger partial charge in [-0.2, -0.15) is 0 Å². The smallest absolute Gasteiger partial charge is 0.310 e.